The summed E-state index contributed by atoms with van der Waals surface area (Å²) in [6.07, 6.45) is 1.82. The Bertz CT molecular complexity index is 826. The van der Waals surface area contributed by atoms with Crippen LogP contribution in [0, 0.1) is 0 Å². The third kappa shape index (κ3) is 2.82. The third-order valence-electron chi connectivity index (χ3n) is 4.01. The van der Waals surface area contributed by atoms with Gasteiger partial charge in [0, 0.05) is 18.3 Å². The van der Waals surface area contributed by atoms with Crippen LogP contribution < -0.4 is 14.8 Å². The van der Waals surface area contributed by atoms with E-state index < -0.39 is 0 Å². The molecule has 120 valence electrons. The number of rotatable bonds is 5. The van der Waals surface area contributed by atoms with E-state index in [4.69, 9.17) is 9.47 Å². The maximum Gasteiger partial charge on any atom is 0.165 e. The van der Waals surface area contributed by atoms with E-state index in [1.54, 1.807) is 14.2 Å². The number of hydrogen-bond acceptors (Lipinski definition) is 4. The van der Waals surface area contributed by atoms with E-state index in [-0.39, 0.29) is 6.04 Å². The number of fused-ring (bicyclic) bond motifs is 1. The van der Waals surface area contributed by atoms with Gasteiger partial charge in [-0.25, -0.2) is 4.98 Å². The van der Waals surface area contributed by atoms with E-state index in [1.807, 2.05) is 36.1 Å². The van der Waals surface area contributed by atoms with Crippen molar-refractivity contribution in [3.63, 3.8) is 0 Å². The minimum Gasteiger partial charge on any atom is -0.493 e. The maximum absolute atomic E-state index is 5.52. The number of aryl methyl sites for hydroxylation is 1. The van der Waals surface area contributed by atoms with E-state index in [0.29, 0.717) is 0 Å². The van der Waals surface area contributed by atoms with Crippen molar-refractivity contribution in [1.82, 2.24) is 9.55 Å². The van der Waals surface area contributed by atoms with Gasteiger partial charge in [-0.3, -0.25) is 0 Å². The van der Waals surface area contributed by atoms with Gasteiger partial charge in [-0.2, -0.15) is 0 Å². The summed E-state index contributed by atoms with van der Waals surface area (Å²) in [5.74, 6) is 1.49. The molecule has 1 N–H and O–H groups in total. The summed E-state index contributed by atoms with van der Waals surface area (Å²) in [6, 6.07) is 12.2. The first kappa shape index (κ1) is 15.2. The van der Waals surface area contributed by atoms with Gasteiger partial charge >= 0.3 is 0 Å². The van der Waals surface area contributed by atoms with Crippen molar-refractivity contribution in [2.45, 2.75) is 13.0 Å². The molecule has 5 heteroatoms. The average Bonchev–Trinajstić information content (AvgIpc) is 2.94. The number of aromatic nitrogens is 2. The number of para-hydroxylation sites is 1. The molecule has 0 radical (unpaired) electrons. The van der Waals surface area contributed by atoms with Crippen molar-refractivity contribution in [3.05, 3.63) is 48.3 Å². The Morgan fingerprint density at radius 3 is 2.70 bits per heavy atom. The molecule has 0 bridgehead atoms. The molecule has 0 aliphatic carbocycles. The summed E-state index contributed by atoms with van der Waals surface area (Å²) in [6.45, 7) is 2.10. The van der Waals surface area contributed by atoms with Gasteiger partial charge in [0.1, 0.15) is 0 Å². The lowest BCUT2D eigenvalue weighted by atomic mass is 10.1. The van der Waals surface area contributed by atoms with E-state index in [2.05, 4.69) is 35.4 Å². The Morgan fingerprint density at radius 1 is 1.13 bits per heavy atom. The molecular weight excluding hydrogens is 290 g/mol. The first-order chi connectivity index (χ1) is 11.1. The highest BCUT2D eigenvalue weighted by molar-refractivity contribution is 5.79. The highest BCUT2D eigenvalue weighted by Gasteiger charge is 2.15. The number of methoxy groups -OCH3 is 2. The molecule has 0 amide bonds. The van der Waals surface area contributed by atoms with Gasteiger partial charge in [-0.05, 0) is 31.2 Å². The molecule has 0 fully saturated rings. The predicted molar refractivity (Wildman–Crippen MR) is 92.3 cm³/mol. The predicted octanol–water partition coefficient (Wildman–Crippen LogP) is 3.76. The van der Waals surface area contributed by atoms with Crippen molar-refractivity contribution in [3.8, 4) is 11.5 Å². The van der Waals surface area contributed by atoms with Crippen LogP contribution in [0.4, 0.5) is 5.69 Å². The fraction of sp³-hybridized carbons (Fsp3) is 0.278. The summed E-state index contributed by atoms with van der Waals surface area (Å²) >= 11 is 0. The third-order valence-corrected chi connectivity index (χ3v) is 4.01. The summed E-state index contributed by atoms with van der Waals surface area (Å²) in [5, 5.41) is 3.50. The van der Waals surface area contributed by atoms with Crippen LogP contribution in [0.2, 0.25) is 0 Å². The van der Waals surface area contributed by atoms with E-state index >= 15 is 0 Å². The van der Waals surface area contributed by atoms with Crippen LogP contribution >= 0.6 is 0 Å². The van der Waals surface area contributed by atoms with Crippen LogP contribution in [-0.2, 0) is 7.05 Å². The molecule has 3 aromatic rings. The molecule has 1 atom stereocenters. The van der Waals surface area contributed by atoms with Gasteiger partial charge in [0.25, 0.3) is 0 Å². The second kappa shape index (κ2) is 6.20. The van der Waals surface area contributed by atoms with Crippen molar-refractivity contribution in [2.24, 2.45) is 7.05 Å². The Kier molecular flexibility index (Phi) is 4.10. The van der Waals surface area contributed by atoms with Gasteiger partial charge in [0.05, 0.1) is 37.6 Å². The van der Waals surface area contributed by atoms with Crippen molar-refractivity contribution >= 4 is 16.7 Å². The Morgan fingerprint density at radius 2 is 1.96 bits per heavy atom. The molecule has 0 saturated heterocycles. The minimum atomic E-state index is 0.0706. The normalized spacial score (nSPS) is 12.2. The highest BCUT2D eigenvalue weighted by atomic mass is 16.5. The Hall–Kier alpha value is -2.69. The molecule has 0 aliphatic heterocycles. The van der Waals surface area contributed by atoms with Crippen molar-refractivity contribution in [1.29, 1.82) is 0 Å². The lowest BCUT2D eigenvalue weighted by Crippen LogP contribution is -2.08. The number of benzene rings is 2. The van der Waals surface area contributed by atoms with Gasteiger partial charge in [-0.1, -0.05) is 12.1 Å². The lowest BCUT2D eigenvalue weighted by Gasteiger charge is -2.20. The topological polar surface area (TPSA) is 48.3 Å². The number of nitrogens with one attached hydrogen (secondary N) is 1. The van der Waals surface area contributed by atoms with E-state index in [1.165, 1.54) is 0 Å². The quantitative estimate of drug-likeness (QED) is 0.779. The molecule has 0 aliphatic rings. The van der Waals surface area contributed by atoms with Crippen LogP contribution in [0.15, 0.2) is 42.7 Å². The Labute approximate surface area is 135 Å². The zero-order chi connectivity index (χ0) is 16.4. The van der Waals surface area contributed by atoms with E-state index in [0.717, 1.165) is 33.8 Å². The molecule has 3 rings (SSSR count). The van der Waals surface area contributed by atoms with Crippen molar-refractivity contribution in [2.75, 3.05) is 19.5 Å². The molecule has 1 unspecified atom stereocenters. The smallest absolute Gasteiger partial charge is 0.165 e. The molecule has 0 saturated carbocycles. The zero-order valence-corrected chi connectivity index (χ0v) is 13.8. The summed E-state index contributed by atoms with van der Waals surface area (Å²) in [4.78, 5) is 4.40. The zero-order valence-electron chi connectivity index (χ0n) is 13.8. The van der Waals surface area contributed by atoms with Gasteiger partial charge in [0.2, 0.25) is 0 Å². The average molecular weight is 311 g/mol. The lowest BCUT2D eigenvalue weighted by molar-refractivity contribution is 0.350. The largest absolute Gasteiger partial charge is 0.493 e. The molecular formula is C18H21N3O2. The summed E-state index contributed by atoms with van der Waals surface area (Å²) in [5.41, 5.74) is 4.16. The molecule has 0 spiro atoms. The van der Waals surface area contributed by atoms with Gasteiger partial charge < -0.3 is 19.4 Å². The second-order valence-corrected chi connectivity index (χ2v) is 5.51. The van der Waals surface area contributed by atoms with Crippen LogP contribution in [0.5, 0.6) is 11.5 Å². The van der Waals surface area contributed by atoms with Crippen LogP contribution in [-0.4, -0.2) is 23.8 Å². The van der Waals surface area contributed by atoms with E-state index in [9.17, 15) is 0 Å². The molecule has 23 heavy (non-hydrogen) atoms. The monoisotopic (exact) mass is 311 g/mol. The van der Waals surface area contributed by atoms with Crippen molar-refractivity contribution < 1.29 is 9.47 Å². The summed E-state index contributed by atoms with van der Waals surface area (Å²) < 4.78 is 12.9. The highest BCUT2D eigenvalue weighted by Crippen LogP contribution is 2.35. The second-order valence-electron chi connectivity index (χ2n) is 5.51. The first-order valence-electron chi connectivity index (χ1n) is 7.52. The first-order valence-corrected chi connectivity index (χ1v) is 7.52. The molecule has 2 aromatic carbocycles. The van der Waals surface area contributed by atoms with Gasteiger partial charge in [-0.15, -0.1) is 0 Å². The summed E-state index contributed by atoms with van der Waals surface area (Å²) in [7, 11) is 5.30. The number of hydrogen-bond donors (Lipinski definition) is 1. The minimum absolute atomic E-state index is 0.0706. The SMILES string of the molecule is COc1cccc(C(C)Nc2ccc3c(c2)ncn3C)c1OC. The maximum atomic E-state index is 5.52. The van der Waals surface area contributed by atoms with Crippen LogP contribution in [0.1, 0.15) is 18.5 Å². The molecule has 5 nitrogen and oxygen atoms in total. The van der Waals surface area contributed by atoms with Gasteiger partial charge in [0.15, 0.2) is 11.5 Å². The number of ether oxygens (including phenoxy) is 2. The molecule has 1 aromatic heterocycles. The van der Waals surface area contributed by atoms with Crippen LogP contribution in [0.3, 0.4) is 0 Å². The standard InChI is InChI=1S/C18H21N3O2/c1-12(14-6-5-7-17(22-3)18(14)23-4)20-13-8-9-16-15(10-13)19-11-21(16)2/h5-12,20H,1-4H3. The number of imidazole rings is 1. The Balaban J connectivity index is 1.89. The van der Waals surface area contributed by atoms with Crippen LogP contribution in [0.25, 0.3) is 11.0 Å². The fourth-order valence-corrected chi connectivity index (χ4v) is 2.81. The molecule has 1 heterocycles. The number of anilines is 1. The fourth-order valence-electron chi connectivity index (χ4n) is 2.81. The number of nitrogens with zero attached hydrogens (tertiary/aromatic N) is 2.